The van der Waals surface area contributed by atoms with Crippen molar-refractivity contribution >= 4 is 27.3 Å². The summed E-state index contributed by atoms with van der Waals surface area (Å²) in [4.78, 5) is 13.9. The van der Waals surface area contributed by atoms with Crippen LogP contribution >= 0.6 is 11.3 Å². The maximum atomic E-state index is 13.1. The normalized spacial score (nSPS) is 19.5. The molecule has 1 aromatic carbocycles. The molecule has 1 atom stereocenters. The van der Waals surface area contributed by atoms with Gasteiger partial charge >= 0.3 is 0 Å². The predicted octanol–water partition coefficient (Wildman–Crippen LogP) is 2.03. The lowest BCUT2D eigenvalue weighted by molar-refractivity contribution is -0.124. The quantitative estimate of drug-likeness (QED) is 0.770. The lowest BCUT2D eigenvalue weighted by Crippen LogP contribution is -2.46. The minimum Gasteiger partial charge on any atom is -0.486 e. The minimum atomic E-state index is -3.80. The third-order valence-electron chi connectivity index (χ3n) is 4.88. The number of amides is 1. The highest BCUT2D eigenvalue weighted by atomic mass is 32.2. The Kier molecular flexibility index (Phi) is 5.56. The minimum absolute atomic E-state index is 0.120. The van der Waals surface area contributed by atoms with Gasteiger partial charge in [-0.25, -0.2) is 8.42 Å². The number of hydrogen-bond donors (Lipinski definition) is 1. The highest BCUT2D eigenvalue weighted by molar-refractivity contribution is 7.89. The van der Waals surface area contributed by atoms with E-state index in [0.717, 1.165) is 6.42 Å². The van der Waals surface area contributed by atoms with Crippen molar-refractivity contribution < 1.29 is 22.7 Å². The monoisotopic (exact) mass is 422 g/mol. The van der Waals surface area contributed by atoms with Gasteiger partial charge in [0.1, 0.15) is 19.3 Å². The van der Waals surface area contributed by atoms with Gasteiger partial charge in [-0.1, -0.05) is 6.07 Å². The smallest absolute Gasteiger partial charge is 0.243 e. The van der Waals surface area contributed by atoms with Gasteiger partial charge in [0.05, 0.1) is 4.90 Å². The number of carbonyl (C=O) groups is 1. The van der Waals surface area contributed by atoms with E-state index < -0.39 is 16.1 Å². The number of nitrogens with one attached hydrogen (secondary N) is 1. The number of ether oxygens (including phenoxy) is 2. The van der Waals surface area contributed by atoms with Gasteiger partial charge in [-0.3, -0.25) is 4.79 Å². The van der Waals surface area contributed by atoms with Gasteiger partial charge in [0.25, 0.3) is 0 Å². The molecule has 28 heavy (non-hydrogen) atoms. The average molecular weight is 423 g/mol. The third-order valence-corrected chi connectivity index (χ3v) is 7.72. The molecule has 4 rings (SSSR count). The van der Waals surface area contributed by atoms with Gasteiger partial charge in [0, 0.05) is 24.0 Å². The molecule has 3 heterocycles. The number of thiophene rings is 1. The Hall–Kier alpha value is -2.10. The predicted molar refractivity (Wildman–Crippen MR) is 105 cm³/mol. The van der Waals surface area contributed by atoms with Crippen molar-refractivity contribution in [1.29, 1.82) is 0 Å². The molecule has 1 aromatic heterocycles. The van der Waals surface area contributed by atoms with Gasteiger partial charge in [-0.15, -0.1) is 11.3 Å². The standard InChI is InChI=1S/C19H22N2O5S2/c22-19(20-8-7-14-3-2-12-27-14)16-4-1-9-21(16)28(23,24)15-5-6-17-18(13-15)26-11-10-25-17/h2-3,5-6,12-13,16H,1,4,7-11H2,(H,20,22)/t16-/m1/s1. The fraction of sp³-hybridized carbons (Fsp3) is 0.421. The van der Waals surface area contributed by atoms with Crippen molar-refractivity contribution in [3.63, 3.8) is 0 Å². The van der Waals surface area contributed by atoms with E-state index in [1.165, 1.54) is 21.3 Å². The molecule has 7 nitrogen and oxygen atoms in total. The number of benzene rings is 1. The molecular formula is C19H22N2O5S2. The molecule has 1 amide bonds. The Labute approximate surface area is 168 Å². The van der Waals surface area contributed by atoms with Crippen LogP contribution in [-0.4, -0.2) is 51.0 Å². The van der Waals surface area contributed by atoms with Crippen molar-refractivity contribution in [1.82, 2.24) is 9.62 Å². The Balaban J connectivity index is 1.46. The van der Waals surface area contributed by atoms with Crippen LogP contribution in [0.2, 0.25) is 0 Å². The Bertz CT molecular complexity index is 943. The summed E-state index contributed by atoms with van der Waals surface area (Å²) in [6.07, 6.45) is 1.92. The first-order valence-electron chi connectivity index (χ1n) is 9.27. The first kappa shape index (κ1) is 19.2. The van der Waals surface area contributed by atoms with Crippen LogP contribution in [0, 0.1) is 0 Å². The first-order chi connectivity index (χ1) is 13.6. The second-order valence-electron chi connectivity index (χ2n) is 6.70. The van der Waals surface area contributed by atoms with Crippen LogP contribution in [0.1, 0.15) is 17.7 Å². The zero-order chi connectivity index (χ0) is 19.6. The number of sulfonamides is 1. The van der Waals surface area contributed by atoms with Gasteiger partial charge in [-0.2, -0.15) is 4.31 Å². The van der Waals surface area contributed by atoms with E-state index in [9.17, 15) is 13.2 Å². The van der Waals surface area contributed by atoms with Crippen LogP contribution in [0.3, 0.4) is 0 Å². The summed E-state index contributed by atoms with van der Waals surface area (Å²) < 4.78 is 38.6. The topological polar surface area (TPSA) is 84.9 Å². The lowest BCUT2D eigenvalue weighted by Gasteiger charge is -2.24. The molecule has 0 radical (unpaired) electrons. The molecule has 1 saturated heterocycles. The maximum Gasteiger partial charge on any atom is 0.243 e. The average Bonchev–Trinajstić information content (AvgIpc) is 3.39. The van der Waals surface area contributed by atoms with Gasteiger partial charge in [0.2, 0.25) is 15.9 Å². The number of carbonyl (C=O) groups excluding carboxylic acids is 1. The second kappa shape index (κ2) is 8.10. The maximum absolute atomic E-state index is 13.1. The van der Waals surface area contributed by atoms with E-state index in [2.05, 4.69) is 5.32 Å². The summed E-state index contributed by atoms with van der Waals surface area (Å²) in [6, 6.07) is 7.90. The number of fused-ring (bicyclic) bond motifs is 1. The van der Waals surface area contributed by atoms with Gasteiger partial charge in [0.15, 0.2) is 11.5 Å². The molecule has 1 N–H and O–H groups in total. The fourth-order valence-corrected chi connectivity index (χ4v) is 5.87. The molecular weight excluding hydrogens is 400 g/mol. The summed E-state index contributed by atoms with van der Waals surface area (Å²) in [6.45, 7) is 1.65. The van der Waals surface area contributed by atoms with Crippen molar-refractivity contribution in [2.75, 3.05) is 26.3 Å². The van der Waals surface area contributed by atoms with Crippen molar-refractivity contribution in [2.24, 2.45) is 0 Å². The molecule has 0 saturated carbocycles. The molecule has 0 unspecified atom stereocenters. The third kappa shape index (κ3) is 3.87. The zero-order valence-electron chi connectivity index (χ0n) is 15.3. The van der Waals surface area contributed by atoms with E-state index >= 15 is 0 Å². The van der Waals surface area contributed by atoms with Crippen LogP contribution in [-0.2, 0) is 21.2 Å². The summed E-state index contributed by atoms with van der Waals surface area (Å²) in [5.74, 6) is 0.716. The van der Waals surface area contributed by atoms with Crippen molar-refractivity contribution in [3.8, 4) is 11.5 Å². The highest BCUT2D eigenvalue weighted by Gasteiger charge is 2.39. The van der Waals surface area contributed by atoms with Gasteiger partial charge in [-0.05, 0) is 42.8 Å². The van der Waals surface area contributed by atoms with Crippen molar-refractivity contribution in [3.05, 3.63) is 40.6 Å². The number of rotatable bonds is 6. The summed E-state index contributed by atoms with van der Waals surface area (Å²) in [7, 11) is -3.80. The summed E-state index contributed by atoms with van der Waals surface area (Å²) in [5, 5.41) is 4.88. The van der Waals surface area contributed by atoms with Gasteiger partial charge < -0.3 is 14.8 Å². The SMILES string of the molecule is O=C(NCCc1cccs1)[C@H]1CCCN1S(=O)(=O)c1ccc2c(c1)OCCO2. The first-order valence-corrected chi connectivity index (χ1v) is 11.6. The van der Waals surface area contributed by atoms with Crippen molar-refractivity contribution in [2.45, 2.75) is 30.2 Å². The van der Waals surface area contributed by atoms with Crippen LogP contribution in [0.15, 0.2) is 40.6 Å². The summed E-state index contributed by atoms with van der Waals surface area (Å²) >= 11 is 1.64. The number of hydrogen-bond acceptors (Lipinski definition) is 6. The summed E-state index contributed by atoms with van der Waals surface area (Å²) in [5.41, 5.74) is 0. The molecule has 150 valence electrons. The van der Waals surface area contributed by atoms with E-state index in [4.69, 9.17) is 9.47 Å². The number of nitrogens with zero attached hydrogens (tertiary/aromatic N) is 1. The molecule has 9 heteroatoms. The Morgan fingerprint density at radius 2 is 2.04 bits per heavy atom. The van der Waals surface area contributed by atoms with E-state index in [0.29, 0.717) is 50.6 Å². The van der Waals surface area contributed by atoms with Crippen LogP contribution in [0.4, 0.5) is 0 Å². The molecule has 0 bridgehead atoms. The molecule has 2 aliphatic heterocycles. The van der Waals surface area contributed by atoms with E-state index in [1.54, 1.807) is 17.4 Å². The Morgan fingerprint density at radius 3 is 2.82 bits per heavy atom. The molecule has 0 spiro atoms. The zero-order valence-corrected chi connectivity index (χ0v) is 16.9. The van der Waals surface area contributed by atoms with Crippen LogP contribution in [0.25, 0.3) is 0 Å². The van der Waals surface area contributed by atoms with E-state index in [-0.39, 0.29) is 10.8 Å². The highest BCUT2D eigenvalue weighted by Crippen LogP contribution is 2.34. The second-order valence-corrected chi connectivity index (χ2v) is 9.62. The fourth-order valence-electron chi connectivity index (χ4n) is 3.49. The molecule has 2 aliphatic rings. The largest absolute Gasteiger partial charge is 0.486 e. The molecule has 2 aromatic rings. The Morgan fingerprint density at radius 1 is 1.21 bits per heavy atom. The molecule has 1 fully saturated rings. The van der Waals surface area contributed by atoms with Crippen LogP contribution < -0.4 is 14.8 Å². The lowest BCUT2D eigenvalue weighted by atomic mass is 10.2. The van der Waals surface area contributed by atoms with Crippen LogP contribution in [0.5, 0.6) is 11.5 Å². The molecule has 0 aliphatic carbocycles. The van der Waals surface area contributed by atoms with E-state index in [1.807, 2.05) is 17.5 Å².